The second-order valence-corrected chi connectivity index (χ2v) is 4.36. The SMILES string of the molecule is Cc1nccn1CCCOC1Oc2ccccc2O1. The van der Waals surface area contributed by atoms with Crippen LogP contribution in [0.3, 0.4) is 0 Å². The van der Waals surface area contributed by atoms with Gasteiger partial charge in [0.2, 0.25) is 0 Å². The van der Waals surface area contributed by atoms with E-state index in [0.717, 1.165) is 30.3 Å². The Kier molecular flexibility index (Phi) is 3.37. The molecular formula is C14H16N2O3. The number of nitrogens with zero attached hydrogens (tertiary/aromatic N) is 2. The summed E-state index contributed by atoms with van der Waals surface area (Å²) in [5.74, 6) is 2.48. The van der Waals surface area contributed by atoms with Crippen LogP contribution in [0.4, 0.5) is 0 Å². The number of aromatic nitrogens is 2. The molecule has 1 aromatic heterocycles. The predicted molar refractivity (Wildman–Crippen MR) is 69.0 cm³/mol. The van der Waals surface area contributed by atoms with Gasteiger partial charge >= 0.3 is 6.48 Å². The Hall–Kier alpha value is -2.01. The molecule has 0 radical (unpaired) electrons. The fourth-order valence-electron chi connectivity index (χ4n) is 2.00. The molecule has 100 valence electrons. The van der Waals surface area contributed by atoms with Crippen molar-refractivity contribution in [3.63, 3.8) is 0 Å². The summed E-state index contributed by atoms with van der Waals surface area (Å²) in [6.07, 6.45) is 4.65. The van der Waals surface area contributed by atoms with Crippen molar-refractivity contribution in [1.29, 1.82) is 0 Å². The lowest BCUT2D eigenvalue weighted by Gasteiger charge is -2.11. The molecule has 0 unspecified atom stereocenters. The first-order valence-electron chi connectivity index (χ1n) is 6.34. The van der Waals surface area contributed by atoms with Crippen LogP contribution in [0, 0.1) is 6.92 Å². The second-order valence-electron chi connectivity index (χ2n) is 4.36. The van der Waals surface area contributed by atoms with E-state index in [1.807, 2.05) is 37.4 Å². The highest BCUT2D eigenvalue weighted by atomic mass is 16.9. The van der Waals surface area contributed by atoms with Crippen LogP contribution < -0.4 is 9.47 Å². The van der Waals surface area contributed by atoms with Crippen molar-refractivity contribution in [3.05, 3.63) is 42.5 Å². The van der Waals surface area contributed by atoms with E-state index in [4.69, 9.17) is 14.2 Å². The molecule has 5 heteroatoms. The maximum Gasteiger partial charge on any atom is 0.361 e. The summed E-state index contributed by atoms with van der Waals surface area (Å²) in [5.41, 5.74) is 0. The van der Waals surface area contributed by atoms with Crippen molar-refractivity contribution in [2.45, 2.75) is 26.4 Å². The fraction of sp³-hybridized carbons (Fsp3) is 0.357. The second kappa shape index (κ2) is 5.32. The van der Waals surface area contributed by atoms with Crippen LogP contribution in [0.2, 0.25) is 0 Å². The Morgan fingerprint density at radius 3 is 2.63 bits per heavy atom. The quantitative estimate of drug-likeness (QED) is 0.774. The van der Waals surface area contributed by atoms with Crippen LogP contribution in [-0.4, -0.2) is 22.6 Å². The minimum Gasteiger partial charge on any atom is -0.428 e. The molecule has 3 rings (SSSR count). The number of aryl methyl sites for hydroxylation is 2. The normalized spacial score (nSPS) is 13.9. The van der Waals surface area contributed by atoms with Crippen molar-refractivity contribution in [3.8, 4) is 11.5 Å². The van der Waals surface area contributed by atoms with Crippen molar-refractivity contribution >= 4 is 0 Å². The van der Waals surface area contributed by atoms with Crippen LogP contribution in [0.1, 0.15) is 12.2 Å². The first-order chi connectivity index (χ1) is 9.33. The van der Waals surface area contributed by atoms with E-state index in [1.165, 1.54) is 0 Å². The molecule has 0 N–H and O–H groups in total. The molecule has 2 aromatic rings. The van der Waals surface area contributed by atoms with Crippen LogP contribution in [-0.2, 0) is 11.3 Å². The molecule has 2 heterocycles. The van der Waals surface area contributed by atoms with Gasteiger partial charge in [-0.25, -0.2) is 4.98 Å². The fourth-order valence-corrected chi connectivity index (χ4v) is 2.00. The van der Waals surface area contributed by atoms with E-state index < -0.39 is 6.48 Å². The van der Waals surface area contributed by atoms with Crippen molar-refractivity contribution < 1.29 is 14.2 Å². The summed E-state index contributed by atoms with van der Waals surface area (Å²) in [5, 5.41) is 0. The first kappa shape index (κ1) is 12.0. The molecule has 0 amide bonds. The zero-order chi connectivity index (χ0) is 13.1. The predicted octanol–water partition coefficient (Wildman–Crippen LogP) is 2.35. The van der Waals surface area contributed by atoms with Crippen molar-refractivity contribution in [2.24, 2.45) is 0 Å². The van der Waals surface area contributed by atoms with E-state index >= 15 is 0 Å². The molecule has 0 saturated carbocycles. The molecule has 0 aliphatic carbocycles. The van der Waals surface area contributed by atoms with Crippen molar-refractivity contribution in [1.82, 2.24) is 9.55 Å². The third kappa shape index (κ3) is 2.71. The molecule has 0 saturated heterocycles. The molecule has 0 fully saturated rings. The lowest BCUT2D eigenvalue weighted by Crippen LogP contribution is -2.23. The molecule has 0 bridgehead atoms. The van der Waals surface area contributed by atoms with E-state index in [2.05, 4.69) is 9.55 Å². The van der Waals surface area contributed by atoms with Gasteiger partial charge < -0.3 is 18.8 Å². The zero-order valence-electron chi connectivity index (χ0n) is 10.8. The number of benzene rings is 1. The van der Waals surface area contributed by atoms with Gasteiger partial charge in [0.25, 0.3) is 0 Å². The molecule has 1 aliphatic rings. The number of fused-ring (bicyclic) bond motifs is 1. The number of imidazole rings is 1. The molecule has 19 heavy (non-hydrogen) atoms. The monoisotopic (exact) mass is 260 g/mol. The van der Waals surface area contributed by atoms with E-state index in [-0.39, 0.29) is 0 Å². The van der Waals surface area contributed by atoms with E-state index in [0.29, 0.717) is 6.61 Å². The Morgan fingerprint density at radius 2 is 2.00 bits per heavy atom. The summed E-state index contributed by atoms with van der Waals surface area (Å²) in [4.78, 5) is 4.17. The highest BCUT2D eigenvalue weighted by molar-refractivity contribution is 5.41. The van der Waals surface area contributed by atoms with E-state index in [9.17, 15) is 0 Å². The first-order valence-corrected chi connectivity index (χ1v) is 6.34. The van der Waals surface area contributed by atoms with Gasteiger partial charge in [0.1, 0.15) is 5.82 Å². The van der Waals surface area contributed by atoms with Gasteiger partial charge in [-0.15, -0.1) is 0 Å². The van der Waals surface area contributed by atoms with Gasteiger partial charge in [-0.3, -0.25) is 0 Å². The molecule has 0 atom stereocenters. The minimum absolute atomic E-state index is 0.580. The lowest BCUT2D eigenvalue weighted by molar-refractivity contribution is -0.177. The number of rotatable bonds is 5. The minimum atomic E-state index is -0.624. The Labute approximate surface area is 111 Å². The number of hydrogen-bond donors (Lipinski definition) is 0. The number of ether oxygens (including phenoxy) is 3. The Bertz CT molecular complexity index is 528. The molecule has 1 aliphatic heterocycles. The molecule has 1 aromatic carbocycles. The van der Waals surface area contributed by atoms with E-state index in [1.54, 1.807) is 6.20 Å². The van der Waals surface area contributed by atoms with Crippen LogP contribution in [0.15, 0.2) is 36.7 Å². The van der Waals surface area contributed by atoms with Gasteiger partial charge in [-0.2, -0.15) is 0 Å². The molecule has 5 nitrogen and oxygen atoms in total. The Morgan fingerprint density at radius 1 is 1.26 bits per heavy atom. The van der Waals surface area contributed by atoms with Gasteiger partial charge in [0, 0.05) is 18.9 Å². The summed E-state index contributed by atoms with van der Waals surface area (Å²) in [6.45, 7) is 2.82. The van der Waals surface area contributed by atoms with Crippen LogP contribution in [0.25, 0.3) is 0 Å². The highest BCUT2D eigenvalue weighted by Crippen LogP contribution is 2.34. The summed E-state index contributed by atoms with van der Waals surface area (Å²) in [6, 6.07) is 7.56. The summed E-state index contributed by atoms with van der Waals surface area (Å²) in [7, 11) is 0. The van der Waals surface area contributed by atoms with Gasteiger partial charge in [-0.05, 0) is 25.5 Å². The van der Waals surface area contributed by atoms with Crippen LogP contribution in [0.5, 0.6) is 11.5 Å². The van der Waals surface area contributed by atoms with Gasteiger partial charge in [0.15, 0.2) is 11.5 Å². The maximum atomic E-state index is 5.55. The largest absolute Gasteiger partial charge is 0.428 e. The van der Waals surface area contributed by atoms with Gasteiger partial charge in [0.05, 0.1) is 6.61 Å². The average Bonchev–Trinajstić information content (AvgIpc) is 3.00. The van der Waals surface area contributed by atoms with Gasteiger partial charge in [-0.1, -0.05) is 12.1 Å². The topological polar surface area (TPSA) is 45.5 Å². The van der Waals surface area contributed by atoms with Crippen LogP contribution >= 0.6 is 0 Å². The number of hydrogen-bond acceptors (Lipinski definition) is 4. The molecular weight excluding hydrogens is 244 g/mol. The highest BCUT2D eigenvalue weighted by Gasteiger charge is 2.23. The maximum absolute atomic E-state index is 5.55. The van der Waals surface area contributed by atoms with Crippen molar-refractivity contribution in [2.75, 3.05) is 6.61 Å². The summed E-state index contributed by atoms with van der Waals surface area (Å²) < 4.78 is 18.6. The summed E-state index contributed by atoms with van der Waals surface area (Å²) >= 11 is 0. The average molecular weight is 260 g/mol. The smallest absolute Gasteiger partial charge is 0.361 e. The molecule has 0 spiro atoms. The lowest BCUT2D eigenvalue weighted by atomic mass is 10.3. The third-order valence-corrected chi connectivity index (χ3v) is 3.02. The zero-order valence-corrected chi connectivity index (χ0v) is 10.8. The number of para-hydroxylation sites is 2. The Balaban J connectivity index is 1.42. The standard InChI is InChI=1S/C14H16N2O3/c1-11-15-7-9-16(11)8-4-10-17-14-18-12-5-2-3-6-13(12)19-14/h2-3,5-7,9,14H,4,8,10H2,1H3. The third-order valence-electron chi connectivity index (χ3n) is 3.02.